The van der Waals surface area contributed by atoms with Gasteiger partial charge in [0, 0.05) is 38.6 Å². The van der Waals surface area contributed by atoms with E-state index in [2.05, 4.69) is 20.6 Å². The Labute approximate surface area is 199 Å². The van der Waals surface area contributed by atoms with Crippen molar-refractivity contribution in [1.29, 1.82) is 0 Å². The molecule has 0 bridgehead atoms. The van der Waals surface area contributed by atoms with Crippen molar-refractivity contribution >= 4 is 29.9 Å². The van der Waals surface area contributed by atoms with Crippen LogP contribution in [0.15, 0.2) is 23.3 Å². The molecule has 1 saturated carbocycles. The summed E-state index contributed by atoms with van der Waals surface area (Å²) in [5.41, 5.74) is 0.951. The first-order valence-electron chi connectivity index (χ1n) is 10.6. The predicted octanol–water partition coefficient (Wildman–Crippen LogP) is 4.68. The highest BCUT2D eigenvalue weighted by Crippen LogP contribution is 2.40. The summed E-state index contributed by atoms with van der Waals surface area (Å²) in [6.45, 7) is 5.99. The van der Waals surface area contributed by atoms with Gasteiger partial charge < -0.3 is 20.1 Å². The molecule has 0 atom stereocenters. The average molecular weight is 558 g/mol. The molecule has 0 unspecified atom stereocenters. The summed E-state index contributed by atoms with van der Waals surface area (Å²) in [5.74, 6) is 0.633. The summed E-state index contributed by atoms with van der Waals surface area (Å²) in [5, 5.41) is 6.68. The molecule has 2 rings (SSSR count). The Morgan fingerprint density at radius 1 is 1.23 bits per heavy atom. The summed E-state index contributed by atoms with van der Waals surface area (Å²) >= 11 is 0. The molecule has 2 N–H and O–H groups in total. The SMILES string of the molecule is CCNC(=NCc1ccnc(OCC(F)(F)F)c1)NCC1(CCOCC)CCCC1.I. The first-order valence-corrected chi connectivity index (χ1v) is 10.6. The van der Waals surface area contributed by atoms with Crippen molar-refractivity contribution in [2.45, 2.75) is 58.7 Å². The van der Waals surface area contributed by atoms with E-state index in [4.69, 9.17) is 9.47 Å². The van der Waals surface area contributed by atoms with Crippen LogP contribution in [-0.2, 0) is 11.3 Å². The summed E-state index contributed by atoms with van der Waals surface area (Å²) in [4.78, 5) is 8.41. The number of pyridine rings is 1. The second kappa shape index (κ2) is 14.0. The van der Waals surface area contributed by atoms with Crippen LogP contribution in [0.4, 0.5) is 13.2 Å². The van der Waals surface area contributed by atoms with Gasteiger partial charge in [-0.3, -0.25) is 0 Å². The lowest BCUT2D eigenvalue weighted by Gasteiger charge is -2.30. The second-order valence-electron chi connectivity index (χ2n) is 7.61. The maximum atomic E-state index is 12.3. The Morgan fingerprint density at radius 3 is 2.61 bits per heavy atom. The summed E-state index contributed by atoms with van der Waals surface area (Å²) in [6, 6.07) is 3.20. The number of nitrogens with zero attached hydrogens (tertiary/aromatic N) is 2. The quantitative estimate of drug-likeness (QED) is 0.179. The van der Waals surface area contributed by atoms with Crippen LogP contribution >= 0.6 is 24.0 Å². The molecule has 10 heteroatoms. The fourth-order valence-corrected chi connectivity index (χ4v) is 3.64. The molecule has 1 heterocycles. The topological polar surface area (TPSA) is 67.8 Å². The minimum atomic E-state index is -4.39. The number of halogens is 4. The number of alkyl halides is 3. The number of aromatic nitrogens is 1. The van der Waals surface area contributed by atoms with Crippen LogP contribution in [0.25, 0.3) is 0 Å². The van der Waals surface area contributed by atoms with Crippen LogP contribution in [0.3, 0.4) is 0 Å². The van der Waals surface area contributed by atoms with Gasteiger partial charge in [0.1, 0.15) is 0 Å². The third-order valence-electron chi connectivity index (χ3n) is 5.22. The van der Waals surface area contributed by atoms with E-state index in [0.29, 0.717) is 19.0 Å². The largest absolute Gasteiger partial charge is 0.468 e. The zero-order valence-electron chi connectivity index (χ0n) is 18.3. The van der Waals surface area contributed by atoms with E-state index in [1.807, 2.05) is 13.8 Å². The van der Waals surface area contributed by atoms with Gasteiger partial charge in [-0.2, -0.15) is 13.2 Å². The molecule has 1 fully saturated rings. The molecule has 31 heavy (non-hydrogen) atoms. The van der Waals surface area contributed by atoms with Crippen molar-refractivity contribution in [3.05, 3.63) is 23.9 Å². The molecule has 0 radical (unpaired) electrons. The van der Waals surface area contributed by atoms with E-state index in [0.717, 1.165) is 31.7 Å². The van der Waals surface area contributed by atoms with Crippen LogP contribution < -0.4 is 15.4 Å². The number of rotatable bonds is 11. The van der Waals surface area contributed by atoms with Crippen LogP contribution in [0, 0.1) is 5.41 Å². The summed E-state index contributed by atoms with van der Waals surface area (Å²) in [7, 11) is 0. The van der Waals surface area contributed by atoms with E-state index >= 15 is 0 Å². The van der Waals surface area contributed by atoms with E-state index in [1.165, 1.54) is 37.9 Å². The lowest BCUT2D eigenvalue weighted by Crippen LogP contribution is -2.43. The fourth-order valence-electron chi connectivity index (χ4n) is 3.64. The van der Waals surface area contributed by atoms with Crippen LogP contribution in [0.2, 0.25) is 0 Å². The number of guanidine groups is 1. The average Bonchev–Trinajstić information content (AvgIpc) is 3.18. The number of ether oxygens (including phenoxy) is 2. The highest BCUT2D eigenvalue weighted by atomic mass is 127. The van der Waals surface area contributed by atoms with E-state index in [9.17, 15) is 13.2 Å². The maximum absolute atomic E-state index is 12.3. The van der Waals surface area contributed by atoms with Crippen molar-refractivity contribution in [1.82, 2.24) is 15.6 Å². The molecule has 0 saturated heterocycles. The van der Waals surface area contributed by atoms with Crippen molar-refractivity contribution in [2.75, 3.05) is 32.9 Å². The number of hydrogen-bond acceptors (Lipinski definition) is 4. The second-order valence-corrected chi connectivity index (χ2v) is 7.61. The molecular weight excluding hydrogens is 524 g/mol. The van der Waals surface area contributed by atoms with Crippen LogP contribution in [0.1, 0.15) is 51.5 Å². The normalized spacial score (nSPS) is 16.0. The minimum Gasteiger partial charge on any atom is -0.468 e. The molecule has 1 aliphatic rings. The standard InChI is InChI=1S/C21H33F3N4O2.HI/c1-3-25-19(28-15-20(8-5-6-9-20)10-12-29-4-2)27-14-17-7-11-26-18(13-17)30-16-21(22,23)24;/h7,11,13H,3-6,8-10,12,14-16H2,1-2H3,(H2,25,27,28);1H. The number of aliphatic imine (C=N–C) groups is 1. The van der Waals surface area contributed by atoms with Crippen molar-refractivity contribution < 1.29 is 22.6 Å². The smallest absolute Gasteiger partial charge is 0.422 e. The monoisotopic (exact) mass is 558 g/mol. The molecular formula is C21H34F3IN4O2. The van der Waals surface area contributed by atoms with Crippen molar-refractivity contribution in [2.24, 2.45) is 10.4 Å². The zero-order valence-corrected chi connectivity index (χ0v) is 20.6. The molecule has 178 valence electrons. The maximum Gasteiger partial charge on any atom is 0.422 e. The van der Waals surface area contributed by atoms with Crippen molar-refractivity contribution in [3.63, 3.8) is 0 Å². The van der Waals surface area contributed by atoms with Gasteiger partial charge in [0.05, 0.1) is 6.54 Å². The fraction of sp³-hybridized carbons (Fsp3) is 0.714. The Kier molecular flexibility index (Phi) is 12.5. The van der Waals surface area contributed by atoms with Gasteiger partial charge in [0.2, 0.25) is 5.88 Å². The Balaban J connectivity index is 0.00000480. The third kappa shape index (κ3) is 10.7. The minimum absolute atomic E-state index is 0. The van der Waals surface area contributed by atoms with Gasteiger partial charge in [-0.25, -0.2) is 9.98 Å². The van der Waals surface area contributed by atoms with E-state index < -0.39 is 12.8 Å². The third-order valence-corrected chi connectivity index (χ3v) is 5.22. The van der Waals surface area contributed by atoms with Crippen LogP contribution in [0.5, 0.6) is 5.88 Å². The van der Waals surface area contributed by atoms with Crippen LogP contribution in [-0.4, -0.2) is 50.0 Å². The molecule has 1 aromatic heterocycles. The Bertz CT molecular complexity index is 668. The Hall–Kier alpha value is -1.30. The first kappa shape index (κ1) is 27.7. The number of nitrogens with one attached hydrogen (secondary N) is 2. The molecule has 1 aromatic rings. The lowest BCUT2D eigenvalue weighted by atomic mass is 9.83. The predicted molar refractivity (Wildman–Crippen MR) is 126 cm³/mol. The molecule has 6 nitrogen and oxygen atoms in total. The molecule has 0 aliphatic heterocycles. The molecule has 0 spiro atoms. The van der Waals surface area contributed by atoms with E-state index in [1.54, 1.807) is 6.07 Å². The van der Waals surface area contributed by atoms with Gasteiger partial charge >= 0.3 is 6.18 Å². The van der Waals surface area contributed by atoms with Crippen molar-refractivity contribution in [3.8, 4) is 5.88 Å². The van der Waals surface area contributed by atoms with Gasteiger partial charge in [-0.15, -0.1) is 24.0 Å². The van der Waals surface area contributed by atoms with E-state index in [-0.39, 0.29) is 35.3 Å². The Morgan fingerprint density at radius 2 is 1.97 bits per heavy atom. The summed E-state index contributed by atoms with van der Waals surface area (Å²) < 4.78 is 47.3. The first-order chi connectivity index (χ1) is 14.4. The number of hydrogen-bond donors (Lipinski definition) is 2. The molecule has 1 aliphatic carbocycles. The highest BCUT2D eigenvalue weighted by molar-refractivity contribution is 14.0. The highest BCUT2D eigenvalue weighted by Gasteiger charge is 2.33. The van der Waals surface area contributed by atoms with Gasteiger partial charge in [-0.1, -0.05) is 12.8 Å². The lowest BCUT2D eigenvalue weighted by molar-refractivity contribution is -0.154. The van der Waals surface area contributed by atoms with Gasteiger partial charge in [0.25, 0.3) is 0 Å². The molecule has 0 aromatic carbocycles. The zero-order chi connectivity index (χ0) is 21.9. The van der Waals surface area contributed by atoms with Gasteiger partial charge in [-0.05, 0) is 50.2 Å². The molecule has 0 amide bonds. The van der Waals surface area contributed by atoms with Gasteiger partial charge in [0.15, 0.2) is 12.6 Å². The summed E-state index contributed by atoms with van der Waals surface area (Å²) in [6.07, 6.45) is 2.89.